The van der Waals surface area contributed by atoms with E-state index in [1.54, 1.807) is 7.11 Å². The van der Waals surface area contributed by atoms with E-state index in [0.29, 0.717) is 11.4 Å². The Kier molecular flexibility index (Phi) is 6.43. The monoisotopic (exact) mass is 402 g/mol. The molecule has 1 aliphatic rings. The summed E-state index contributed by atoms with van der Waals surface area (Å²) < 4.78 is 34.5. The average molecular weight is 403 g/mol. The van der Waals surface area contributed by atoms with Crippen LogP contribution in [-0.4, -0.2) is 40.1 Å². The summed E-state index contributed by atoms with van der Waals surface area (Å²) in [4.78, 5) is 2.75. The molecule has 0 amide bonds. The van der Waals surface area contributed by atoms with Gasteiger partial charge in [-0.3, -0.25) is 4.90 Å². The number of rotatable bonds is 7. The topological polar surface area (TPSA) is 58.6 Å². The second-order valence-electron chi connectivity index (χ2n) is 7.62. The Morgan fingerprint density at radius 3 is 2.32 bits per heavy atom. The molecule has 0 saturated carbocycles. The van der Waals surface area contributed by atoms with Crippen molar-refractivity contribution in [3.8, 4) is 5.75 Å². The molecule has 1 unspecified atom stereocenters. The van der Waals surface area contributed by atoms with Crippen LogP contribution in [0.4, 0.5) is 0 Å². The molecular weight excluding hydrogens is 372 g/mol. The van der Waals surface area contributed by atoms with Crippen LogP contribution in [0.15, 0.2) is 41.3 Å². The summed E-state index contributed by atoms with van der Waals surface area (Å²) in [5, 5.41) is 0. The number of hydrogen-bond donors (Lipinski definition) is 1. The molecule has 6 heteroatoms. The maximum atomic E-state index is 13.1. The highest BCUT2D eigenvalue weighted by molar-refractivity contribution is 7.89. The van der Waals surface area contributed by atoms with Crippen molar-refractivity contribution < 1.29 is 13.2 Å². The zero-order valence-corrected chi connectivity index (χ0v) is 18.0. The van der Waals surface area contributed by atoms with Crippen LogP contribution in [0.3, 0.4) is 0 Å². The van der Waals surface area contributed by atoms with Gasteiger partial charge in [-0.1, -0.05) is 29.8 Å². The third-order valence-corrected chi connectivity index (χ3v) is 7.13. The number of benzene rings is 2. The number of ether oxygens (including phenoxy) is 1. The largest absolute Gasteiger partial charge is 0.497 e. The number of hydrogen-bond acceptors (Lipinski definition) is 4. The van der Waals surface area contributed by atoms with Crippen LogP contribution in [0.1, 0.15) is 41.1 Å². The highest BCUT2D eigenvalue weighted by atomic mass is 32.2. The van der Waals surface area contributed by atoms with Crippen molar-refractivity contribution >= 4 is 10.0 Å². The molecule has 5 nitrogen and oxygen atoms in total. The number of sulfonamides is 1. The summed E-state index contributed by atoms with van der Waals surface area (Å²) in [5.74, 6) is 0.787. The molecule has 3 rings (SSSR count). The molecule has 28 heavy (non-hydrogen) atoms. The summed E-state index contributed by atoms with van der Waals surface area (Å²) in [6, 6.07) is 11.7. The Hall–Kier alpha value is -1.89. The van der Waals surface area contributed by atoms with Crippen molar-refractivity contribution in [2.75, 3.05) is 26.7 Å². The molecule has 1 N–H and O–H groups in total. The van der Waals surface area contributed by atoms with Crippen molar-refractivity contribution in [2.24, 2.45) is 0 Å². The van der Waals surface area contributed by atoms with E-state index >= 15 is 0 Å². The number of likely N-dealkylation sites (tertiary alicyclic amines) is 1. The average Bonchev–Trinajstić information content (AvgIpc) is 3.15. The number of methoxy groups -OCH3 is 1. The minimum absolute atomic E-state index is 0.0153. The fraction of sp³-hybridized carbons (Fsp3) is 0.455. The van der Waals surface area contributed by atoms with Crippen LogP contribution >= 0.6 is 0 Å². The molecule has 1 aliphatic heterocycles. The number of nitrogens with one attached hydrogen (secondary N) is 1. The Balaban J connectivity index is 1.87. The van der Waals surface area contributed by atoms with Gasteiger partial charge in [-0.15, -0.1) is 0 Å². The van der Waals surface area contributed by atoms with E-state index in [2.05, 4.69) is 9.62 Å². The molecular formula is C22H30N2O3S. The summed E-state index contributed by atoms with van der Waals surface area (Å²) in [6.45, 7) is 7.99. The van der Waals surface area contributed by atoms with Gasteiger partial charge in [0.15, 0.2) is 0 Å². The van der Waals surface area contributed by atoms with Gasteiger partial charge in [0, 0.05) is 12.6 Å². The van der Waals surface area contributed by atoms with Crippen LogP contribution in [0, 0.1) is 20.8 Å². The molecule has 0 bridgehead atoms. The van der Waals surface area contributed by atoms with Gasteiger partial charge in [0.25, 0.3) is 0 Å². The highest BCUT2D eigenvalue weighted by Crippen LogP contribution is 2.28. The van der Waals surface area contributed by atoms with Gasteiger partial charge in [0.2, 0.25) is 10.0 Å². The Morgan fingerprint density at radius 1 is 1.07 bits per heavy atom. The number of aryl methyl sites for hydroxylation is 3. The molecule has 2 aromatic rings. The van der Waals surface area contributed by atoms with Gasteiger partial charge in [-0.25, -0.2) is 13.1 Å². The molecule has 0 radical (unpaired) electrons. The van der Waals surface area contributed by atoms with Crippen LogP contribution in [0.5, 0.6) is 5.75 Å². The zero-order chi connectivity index (χ0) is 20.3. The van der Waals surface area contributed by atoms with Gasteiger partial charge < -0.3 is 4.74 Å². The molecule has 1 saturated heterocycles. The van der Waals surface area contributed by atoms with Crippen molar-refractivity contribution in [2.45, 2.75) is 44.6 Å². The lowest BCUT2D eigenvalue weighted by Crippen LogP contribution is -2.37. The first-order valence-electron chi connectivity index (χ1n) is 9.77. The van der Waals surface area contributed by atoms with E-state index < -0.39 is 10.0 Å². The van der Waals surface area contributed by atoms with Gasteiger partial charge in [-0.05, 0) is 75.5 Å². The van der Waals surface area contributed by atoms with Crippen molar-refractivity contribution in [3.05, 3.63) is 58.7 Å². The van der Waals surface area contributed by atoms with E-state index in [1.807, 2.05) is 57.2 Å². The molecule has 0 aromatic heterocycles. The maximum absolute atomic E-state index is 13.1. The lowest BCUT2D eigenvalue weighted by molar-refractivity contribution is 0.246. The van der Waals surface area contributed by atoms with Crippen LogP contribution in [0.25, 0.3) is 0 Å². The predicted octanol–water partition coefficient (Wildman–Crippen LogP) is 3.74. The second kappa shape index (κ2) is 8.64. The second-order valence-corrected chi connectivity index (χ2v) is 9.32. The minimum atomic E-state index is -3.59. The van der Waals surface area contributed by atoms with E-state index in [-0.39, 0.29) is 6.04 Å². The Bertz CT molecular complexity index is 912. The first-order valence-corrected chi connectivity index (χ1v) is 11.3. The van der Waals surface area contributed by atoms with E-state index in [9.17, 15) is 8.42 Å². The minimum Gasteiger partial charge on any atom is -0.497 e. The summed E-state index contributed by atoms with van der Waals surface area (Å²) >= 11 is 0. The van der Waals surface area contributed by atoms with Gasteiger partial charge in [0.1, 0.15) is 5.75 Å². The van der Waals surface area contributed by atoms with Gasteiger partial charge >= 0.3 is 0 Å². The first kappa shape index (κ1) is 20.8. The van der Waals surface area contributed by atoms with E-state index in [4.69, 9.17) is 4.74 Å². The lowest BCUT2D eigenvalue weighted by Gasteiger charge is -2.28. The molecule has 2 aromatic carbocycles. The standard InChI is InChI=1S/C22H30N2O3S/c1-16-12-17(2)22(18(3)13-16)28(25,26)23-15-21(24-10-5-6-11-24)19-8-7-9-20(14-19)27-4/h7-9,12-14,21,23H,5-6,10-11,15H2,1-4H3. The van der Waals surface area contributed by atoms with Crippen LogP contribution in [-0.2, 0) is 10.0 Å². The van der Waals surface area contributed by atoms with Gasteiger partial charge in [0.05, 0.1) is 12.0 Å². The van der Waals surface area contributed by atoms with Crippen molar-refractivity contribution in [1.29, 1.82) is 0 Å². The normalized spacial score (nSPS) is 16.3. The first-order chi connectivity index (χ1) is 13.3. The van der Waals surface area contributed by atoms with Crippen molar-refractivity contribution in [3.63, 3.8) is 0 Å². The predicted molar refractivity (Wildman–Crippen MR) is 112 cm³/mol. The fourth-order valence-corrected chi connectivity index (χ4v) is 5.70. The maximum Gasteiger partial charge on any atom is 0.241 e. The third kappa shape index (κ3) is 4.57. The third-order valence-electron chi connectivity index (χ3n) is 5.40. The smallest absolute Gasteiger partial charge is 0.241 e. The lowest BCUT2D eigenvalue weighted by atomic mass is 10.1. The summed E-state index contributed by atoms with van der Waals surface area (Å²) in [7, 11) is -1.95. The Morgan fingerprint density at radius 2 is 1.71 bits per heavy atom. The van der Waals surface area contributed by atoms with Crippen LogP contribution < -0.4 is 9.46 Å². The Labute approximate surface area is 168 Å². The molecule has 1 atom stereocenters. The summed E-state index contributed by atoms with van der Waals surface area (Å²) in [5.41, 5.74) is 3.70. The molecule has 1 heterocycles. The SMILES string of the molecule is COc1cccc(C(CNS(=O)(=O)c2c(C)cc(C)cc2C)N2CCCC2)c1. The van der Waals surface area contributed by atoms with Gasteiger partial charge in [-0.2, -0.15) is 0 Å². The quantitative estimate of drug-likeness (QED) is 0.767. The van der Waals surface area contributed by atoms with Crippen molar-refractivity contribution in [1.82, 2.24) is 9.62 Å². The number of nitrogens with zero attached hydrogens (tertiary/aromatic N) is 1. The van der Waals surface area contributed by atoms with Crippen LogP contribution in [0.2, 0.25) is 0 Å². The molecule has 1 fully saturated rings. The zero-order valence-electron chi connectivity index (χ0n) is 17.2. The molecule has 0 aliphatic carbocycles. The molecule has 0 spiro atoms. The van der Waals surface area contributed by atoms with E-state index in [1.165, 1.54) is 0 Å². The molecule has 152 valence electrons. The summed E-state index contributed by atoms with van der Waals surface area (Å²) in [6.07, 6.45) is 2.28. The fourth-order valence-electron chi connectivity index (χ4n) is 4.21. The van der Waals surface area contributed by atoms with E-state index in [0.717, 1.165) is 53.9 Å². The highest BCUT2D eigenvalue weighted by Gasteiger charge is 2.27.